The molecule has 0 radical (unpaired) electrons. The van der Waals surface area contributed by atoms with Crippen molar-refractivity contribution in [2.45, 2.75) is 26.2 Å². The zero-order valence-corrected chi connectivity index (χ0v) is 47.6. The standard InChI is InChI=1S/C73H50F6GeN4/c1-47-31-36-61(65(41-47)73(77,78)79)54-34-40-67-63(46-54)62-45-53(60-37-35-55(42-48(60)2)72(74,75)76)33-39-66(62)84(67)68-38-32-52(44-64(68)71-82-69(49-19-8-3-9-20-49)81-70(83-71)50-21-10-4-11-22-50)51-23-18-30-59(43-51)80(56-24-12-5-13-25-56,57-26-14-6-15-27-57)58-28-16-7-17-29-58/h3-46H,1-2H3. The van der Waals surface area contributed by atoms with Crippen LogP contribution in [0.4, 0.5) is 26.3 Å². The number of hydrogen-bond acceptors (Lipinski definition) is 3. The van der Waals surface area contributed by atoms with Crippen molar-refractivity contribution in [2.75, 3.05) is 0 Å². The summed E-state index contributed by atoms with van der Waals surface area (Å²) in [7, 11) is 0. The van der Waals surface area contributed by atoms with Gasteiger partial charge in [-0.15, -0.1) is 0 Å². The third kappa shape index (κ3) is 9.85. The maximum absolute atomic E-state index is 14.9. The molecule has 0 saturated carbocycles. The first kappa shape index (κ1) is 53.7. The van der Waals surface area contributed by atoms with Crippen LogP contribution in [0.25, 0.3) is 95.0 Å². The molecule has 0 aliphatic rings. The van der Waals surface area contributed by atoms with Gasteiger partial charge in [0, 0.05) is 0 Å². The van der Waals surface area contributed by atoms with Gasteiger partial charge >= 0.3 is 365 Å². The zero-order valence-electron chi connectivity index (χ0n) is 45.5. The summed E-state index contributed by atoms with van der Waals surface area (Å²) >= 11 is -3.77. The van der Waals surface area contributed by atoms with Crippen molar-refractivity contribution >= 4 is 52.7 Å². The van der Waals surface area contributed by atoms with E-state index in [1.165, 1.54) is 29.7 Å². The van der Waals surface area contributed by atoms with Gasteiger partial charge in [0.2, 0.25) is 0 Å². The molecule has 0 amide bonds. The van der Waals surface area contributed by atoms with Crippen LogP contribution in [0.2, 0.25) is 0 Å². The van der Waals surface area contributed by atoms with E-state index in [1.54, 1.807) is 32.0 Å². The molecule has 0 spiro atoms. The summed E-state index contributed by atoms with van der Waals surface area (Å²) in [6, 6.07) is 86.1. The first-order valence-electron chi connectivity index (χ1n) is 27.5. The summed E-state index contributed by atoms with van der Waals surface area (Å²) in [5.74, 6) is 1.27. The zero-order chi connectivity index (χ0) is 57.7. The van der Waals surface area contributed by atoms with E-state index in [2.05, 4.69) is 132 Å². The normalized spacial score (nSPS) is 12.0. The first-order valence-corrected chi connectivity index (χ1v) is 31.7. The summed E-state index contributed by atoms with van der Waals surface area (Å²) in [6.45, 7) is 3.28. The molecule has 0 aliphatic carbocycles. The van der Waals surface area contributed by atoms with E-state index in [0.29, 0.717) is 78.3 Å². The third-order valence-electron chi connectivity index (χ3n) is 15.8. The second kappa shape index (κ2) is 21.6. The molecular weight excluding hydrogens is 1120 g/mol. The van der Waals surface area contributed by atoms with Gasteiger partial charge in [-0.25, -0.2) is 0 Å². The fraction of sp³-hybridized carbons (Fsp3) is 0.0548. The molecule has 0 saturated heterocycles. The van der Waals surface area contributed by atoms with Crippen LogP contribution in [0.1, 0.15) is 22.3 Å². The van der Waals surface area contributed by atoms with Crippen molar-refractivity contribution in [3.63, 3.8) is 0 Å². The fourth-order valence-electron chi connectivity index (χ4n) is 11.9. The molecule has 13 aromatic rings. The number of rotatable bonds is 11. The van der Waals surface area contributed by atoms with E-state index in [-0.39, 0.29) is 5.56 Å². The van der Waals surface area contributed by atoms with E-state index in [1.807, 2.05) is 91.0 Å². The van der Waals surface area contributed by atoms with Gasteiger partial charge in [0.1, 0.15) is 0 Å². The minimum atomic E-state index is -4.65. The molecule has 0 aliphatic heterocycles. The summed E-state index contributed by atoms with van der Waals surface area (Å²) in [6.07, 6.45) is -9.19. The van der Waals surface area contributed by atoms with E-state index in [4.69, 9.17) is 15.0 Å². The summed E-state index contributed by atoms with van der Waals surface area (Å²) in [4.78, 5) is 15.7. The van der Waals surface area contributed by atoms with Crippen LogP contribution in [0.15, 0.2) is 267 Å². The van der Waals surface area contributed by atoms with Gasteiger partial charge in [-0.3, -0.25) is 0 Å². The predicted octanol–water partition coefficient (Wildman–Crippen LogP) is 17.0. The molecule has 13 rings (SSSR count). The van der Waals surface area contributed by atoms with Crippen LogP contribution in [0.3, 0.4) is 0 Å². The second-order valence-electron chi connectivity index (χ2n) is 21.1. The van der Waals surface area contributed by atoms with Gasteiger partial charge in [0.15, 0.2) is 0 Å². The molecule has 84 heavy (non-hydrogen) atoms. The Balaban J connectivity index is 1.09. The maximum Gasteiger partial charge on any atom is 0.417 e. The van der Waals surface area contributed by atoms with Gasteiger partial charge in [0.05, 0.1) is 11.1 Å². The molecule has 0 fully saturated rings. The molecule has 408 valence electrons. The minimum Gasteiger partial charge on any atom is -0.166 e. The SMILES string of the molecule is Cc1ccc(-c2ccc3c(c2)c2cc(-c4ccc(C(F)(F)F)cc4C)ccc2n3-c2ccc(-c3ccc[c]([Ge]([c]4ccccc4)([c]4ccccc4)[c]4ccccc4)c3)cc2-c2nc(-c3ccccc3)nc(-c3ccccc3)n2)c(C(F)(F)F)c1. The number of fused-ring (bicyclic) bond motifs is 3. The molecule has 0 bridgehead atoms. The van der Waals surface area contributed by atoms with Gasteiger partial charge < -0.3 is 0 Å². The van der Waals surface area contributed by atoms with Crippen LogP contribution in [-0.2, 0) is 12.4 Å². The smallest absolute Gasteiger partial charge is 0.166 e. The van der Waals surface area contributed by atoms with Crippen molar-refractivity contribution in [3.8, 4) is 73.2 Å². The molecule has 2 heterocycles. The Morgan fingerprint density at radius 1 is 0.333 bits per heavy atom. The van der Waals surface area contributed by atoms with Crippen molar-refractivity contribution in [1.82, 2.24) is 19.5 Å². The molecule has 0 atom stereocenters. The largest absolute Gasteiger partial charge is 0.417 e. The van der Waals surface area contributed by atoms with Gasteiger partial charge in [-0.1, -0.05) is 35.9 Å². The molecule has 0 unspecified atom stereocenters. The molecule has 2 aromatic heterocycles. The topological polar surface area (TPSA) is 43.6 Å². The molecule has 11 aromatic carbocycles. The van der Waals surface area contributed by atoms with Crippen molar-refractivity contribution < 1.29 is 26.3 Å². The molecule has 0 N–H and O–H groups in total. The van der Waals surface area contributed by atoms with E-state index < -0.39 is 36.7 Å². The van der Waals surface area contributed by atoms with E-state index in [9.17, 15) is 26.3 Å². The molecular formula is C73H50F6GeN4. The minimum absolute atomic E-state index is 0.0184. The Labute approximate surface area is 484 Å². The Morgan fingerprint density at radius 2 is 0.786 bits per heavy atom. The fourth-order valence-corrected chi connectivity index (χ4v) is 22.0. The average molecular weight is 1170 g/mol. The molecule has 4 nitrogen and oxygen atoms in total. The first-order chi connectivity index (χ1) is 40.7. The maximum atomic E-state index is 14.9. The van der Waals surface area contributed by atoms with Crippen LogP contribution >= 0.6 is 0 Å². The van der Waals surface area contributed by atoms with Crippen molar-refractivity contribution in [3.05, 3.63) is 289 Å². The average Bonchev–Trinajstić information content (AvgIpc) is 2.52. The Kier molecular flexibility index (Phi) is 13.8. The second-order valence-corrected chi connectivity index (χ2v) is 29.1. The van der Waals surface area contributed by atoms with Gasteiger partial charge in [-0.05, 0) is 48.7 Å². The summed E-state index contributed by atoms with van der Waals surface area (Å²) < 4.78 is 94.0. The number of aryl methyl sites for hydroxylation is 2. The Bertz CT molecular complexity index is 4430. The van der Waals surface area contributed by atoms with Crippen LogP contribution in [0, 0.1) is 13.8 Å². The van der Waals surface area contributed by atoms with E-state index in [0.717, 1.165) is 40.5 Å². The van der Waals surface area contributed by atoms with Crippen molar-refractivity contribution in [2.24, 2.45) is 0 Å². The van der Waals surface area contributed by atoms with Crippen LogP contribution < -0.4 is 17.6 Å². The Hall–Kier alpha value is -9.65. The third-order valence-corrected chi connectivity index (χ3v) is 25.9. The number of nitrogens with zero attached hydrogens (tertiary/aromatic N) is 4. The van der Waals surface area contributed by atoms with E-state index >= 15 is 0 Å². The molecule has 11 heteroatoms. The van der Waals surface area contributed by atoms with Crippen LogP contribution in [0.5, 0.6) is 0 Å². The Morgan fingerprint density at radius 3 is 1.30 bits per heavy atom. The number of alkyl halides is 6. The van der Waals surface area contributed by atoms with Crippen LogP contribution in [-0.4, -0.2) is 32.8 Å². The number of halogens is 6. The summed E-state index contributed by atoms with van der Waals surface area (Å²) in [5.41, 5.74) is 7.01. The van der Waals surface area contributed by atoms with Gasteiger partial charge in [0.25, 0.3) is 0 Å². The van der Waals surface area contributed by atoms with Crippen molar-refractivity contribution in [1.29, 1.82) is 0 Å². The number of aromatic nitrogens is 4. The number of hydrogen-bond donors (Lipinski definition) is 0. The summed E-state index contributed by atoms with van der Waals surface area (Å²) in [5, 5.41) is 1.30. The quantitative estimate of drug-likeness (QED) is 0.0957. The number of benzene rings is 11. The predicted molar refractivity (Wildman–Crippen MR) is 330 cm³/mol. The van der Waals surface area contributed by atoms with Gasteiger partial charge in [-0.2, -0.15) is 26.3 Å². The monoisotopic (exact) mass is 1170 g/mol.